The van der Waals surface area contributed by atoms with Crippen molar-refractivity contribution in [3.05, 3.63) is 88.5 Å². The lowest BCUT2D eigenvalue weighted by atomic mass is 10.2. The highest BCUT2D eigenvalue weighted by Crippen LogP contribution is 2.35. The second-order valence-corrected chi connectivity index (χ2v) is 8.87. The molecule has 3 rings (SSSR count). The van der Waals surface area contributed by atoms with Crippen molar-refractivity contribution in [3.8, 4) is 11.5 Å². The largest absolute Gasteiger partial charge is 0.497 e. The maximum atomic E-state index is 13.5. The Kier molecular flexibility index (Phi) is 8.00. The number of benzene rings is 3. The van der Waals surface area contributed by atoms with E-state index in [-0.39, 0.29) is 22.0 Å². The number of nitrogens with zero attached hydrogens (tertiary/aromatic N) is 3. The van der Waals surface area contributed by atoms with Crippen LogP contribution >= 0.6 is 0 Å². The molecule has 0 radical (unpaired) electrons. The van der Waals surface area contributed by atoms with Crippen LogP contribution in [0.2, 0.25) is 0 Å². The summed E-state index contributed by atoms with van der Waals surface area (Å²) in [5.74, 6) is -0.188. The fraction of sp³-hybridized carbons (Fsp3) is 0.130. The molecule has 0 saturated heterocycles. The van der Waals surface area contributed by atoms with Gasteiger partial charge in [-0.1, -0.05) is 30.3 Å². The zero-order chi connectivity index (χ0) is 25.4. The molecule has 11 nitrogen and oxygen atoms in total. The number of ether oxygens (including phenoxy) is 2. The van der Waals surface area contributed by atoms with Gasteiger partial charge < -0.3 is 9.47 Å². The molecule has 0 aliphatic heterocycles. The van der Waals surface area contributed by atoms with Crippen LogP contribution in [-0.4, -0.2) is 46.2 Å². The molecule has 0 aliphatic carbocycles. The minimum Gasteiger partial charge on any atom is -0.497 e. The third kappa shape index (κ3) is 6.12. The Morgan fingerprint density at radius 2 is 1.80 bits per heavy atom. The first kappa shape index (κ1) is 25.2. The number of anilines is 1. The Bertz CT molecular complexity index is 1340. The summed E-state index contributed by atoms with van der Waals surface area (Å²) in [6.45, 7) is -0.632. The molecular weight excluding hydrogens is 476 g/mol. The number of sulfonamides is 1. The zero-order valence-electron chi connectivity index (χ0n) is 18.8. The fourth-order valence-corrected chi connectivity index (χ4v) is 4.52. The smallest absolute Gasteiger partial charge is 0.270 e. The Morgan fingerprint density at radius 1 is 1.06 bits per heavy atom. The molecule has 0 atom stereocenters. The monoisotopic (exact) mass is 498 g/mol. The zero-order valence-corrected chi connectivity index (χ0v) is 19.6. The van der Waals surface area contributed by atoms with Gasteiger partial charge in [-0.15, -0.1) is 0 Å². The number of carbonyl (C=O) groups excluding carboxylic acids is 1. The number of nitrogens with one attached hydrogen (secondary N) is 1. The van der Waals surface area contributed by atoms with E-state index in [2.05, 4.69) is 10.5 Å². The summed E-state index contributed by atoms with van der Waals surface area (Å²) in [5.41, 5.74) is 2.59. The Balaban J connectivity index is 1.91. The molecule has 0 saturated carbocycles. The average Bonchev–Trinajstić information content (AvgIpc) is 2.87. The predicted molar refractivity (Wildman–Crippen MR) is 129 cm³/mol. The first-order valence-electron chi connectivity index (χ1n) is 10.1. The molecule has 1 N–H and O–H groups in total. The van der Waals surface area contributed by atoms with Gasteiger partial charge in [-0.25, -0.2) is 13.8 Å². The van der Waals surface area contributed by atoms with E-state index in [0.29, 0.717) is 11.3 Å². The summed E-state index contributed by atoms with van der Waals surface area (Å²) in [6, 6.07) is 17.8. The van der Waals surface area contributed by atoms with E-state index in [4.69, 9.17) is 9.47 Å². The van der Waals surface area contributed by atoms with E-state index >= 15 is 0 Å². The highest BCUT2D eigenvalue weighted by atomic mass is 32.2. The second kappa shape index (κ2) is 11.1. The number of non-ortho nitro benzene ring substituents is 1. The van der Waals surface area contributed by atoms with E-state index in [1.807, 2.05) is 0 Å². The fourth-order valence-electron chi connectivity index (χ4n) is 3.07. The van der Waals surface area contributed by atoms with Crippen LogP contribution in [0.5, 0.6) is 11.5 Å². The summed E-state index contributed by atoms with van der Waals surface area (Å²) in [4.78, 5) is 23.0. The van der Waals surface area contributed by atoms with Crippen LogP contribution < -0.4 is 19.2 Å². The van der Waals surface area contributed by atoms with Gasteiger partial charge in [0.25, 0.3) is 21.6 Å². The predicted octanol–water partition coefficient (Wildman–Crippen LogP) is 2.96. The molecule has 0 fully saturated rings. The lowest BCUT2D eigenvalue weighted by molar-refractivity contribution is -0.384. The lowest BCUT2D eigenvalue weighted by Crippen LogP contribution is -2.39. The maximum absolute atomic E-state index is 13.5. The number of hydrogen-bond acceptors (Lipinski definition) is 8. The molecule has 0 aliphatic rings. The van der Waals surface area contributed by atoms with Crippen LogP contribution in [0.1, 0.15) is 5.56 Å². The van der Waals surface area contributed by atoms with Gasteiger partial charge >= 0.3 is 0 Å². The van der Waals surface area contributed by atoms with Crippen LogP contribution in [0.4, 0.5) is 11.4 Å². The van der Waals surface area contributed by atoms with Gasteiger partial charge in [0, 0.05) is 23.8 Å². The summed E-state index contributed by atoms with van der Waals surface area (Å²) in [6.07, 6.45) is 1.22. The molecule has 0 spiro atoms. The number of hydrazone groups is 1. The van der Waals surface area contributed by atoms with Crippen molar-refractivity contribution < 1.29 is 27.6 Å². The van der Waals surface area contributed by atoms with Crippen LogP contribution in [0, 0.1) is 10.1 Å². The molecule has 35 heavy (non-hydrogen) atoms. The van der Waals surface area contributed by atoms with Crippen molar-refractivity contribution in [2.24, 2.45) is 5.10 Å². The normalized spacial score (nSPS) is 11.1. The summed E-state index contributed by atoms with van der Waals surface area (Å²) in [5, 5.41) is 14.7. The Morgan fingerprint density at radius 3 is 2.46 bits per heavy atom. The second-order valence-electron chi connectivity index (χ2n) is 7.01. The van der Waals surface area contributed by atoms with E-state index < -0.39 is 27.4 Å². The van der Waals surface area contributed by atoms with Gasteiger partial charge in [0.1, 0.15) is 18.0 Å². The third-order valence-corrected chi connectivity index (χ3v) is 6.53. The lowest BCUT2D eigenvalue weighted by Gasteiger charge is -2.25. The molecule has 1 amide bonds. The van der Waals surface area contributed by atoms with E-state index in [0.717, 1.165) is 4.31 Å². The van der Waals surface area contributed by atoms with Gasteiger partial charge in [0.15, 0.2) is 0 Å². The number of carbonyl (C=O) groups is 1. The number of hydrogen-bond donors (Lipinski definition) is 1. The van der Waals surface area contributed by atoms with Gasteiger partial charge in [-0.3, -0.25) is 19.2 Å². The van der Waals surface area contributed by atoms with Crippen LogP contribution in [0.3, 0.4) is 0 Å². The standard InChI is InChI=1S/C23H22N4O7S/c1-33-19-11-12-22(34-2)21(14-19)26(35(31,32)20-9-4-3-5-10-20)16-23(28)25-24-15-17-7-6-8-18(13-17)27(29)30/h3-15H,16H2,1-2H3,(H,25,28)/b24-15-. The molecule has 0 bridgehead atoms. The minimum absolute atomic E-state index is 0.0298. The molecule has 3 aromatic carbocycles. The number of nitro groups is 1. The topological polar surface area (TPSA) is 140 Å². The summed E-state index contributed by atoms with van der Waals surface area (Å²) in [7, 11) is -1.38. The highest BCUT2D eigenvalue weighted by Gasteiger charge is 2.29. The van der Waals surface area contributed by atoms with Crippen molar-refractivity contribution in [2.45, 2.75) is 4.90 Å². The van der Waals surface area contributed by atoms with Crippen LogP contribution in [0.25, 0.3) is 0 Å². The van der Waals surface area contributed by atoms with Gasteiger partial charge in [0.05, 0.1) is 35.9 Å². The van der Waals surface area contributed by atoms with E-state index in [9.17, 15) is 23.3 Å². The number of nitro benzene ring substituents is 1. The van der Waals surface area contributed by atoms with Crippen molar-refractivity contribution in [1.82, 2.24) is 5.43 Å². The van der Waals surface area contributed by atoms with E-state index in [1.54, 1.807) is 30.3 Å². The molecule has 0 unspecified atom stereocenters. The third-order valence-electron chi connectivity index (χ3n) is 4.76. The Labute approximate surface area is 201 Å². The molecule has 3 aromatic rings. The van der Waals surface area contributed by atoms with Crippen molar-refractivity contribution in [3.63, 3.8) is 0 Å². The molecule has 182 valence electrons. The van der Waals surface area contributed by atoms with Gasteiger partial charge in [0.2, 0.25) is 0 Å². The SMILES string of the molecule is COc1ccc(OC)c(N(CC(=O)N/N=C\c2cccc([N+](=O)[O-])c2)S(=O)(=O)c2ccccc2)c1. The minimum atomic E-state index is -4.19. The molecule has 0 aromatic heterocycles. The highest BCUT2D eigenvalue weighted by molar-refractivity contribution is 7.92. The summed E-state index contributed by atoms with van der Waals surface area (Å²) >= 11 is 0. The molecule has 12 heteroatoms. The number of amides is 1. The van der Waals surface area contributed by atoms with E-state index in [1.165, 1.54) is 62.9 Å². The van der Waals surface area contributed by atoms with Crippen LogP contribution in [0.15, 0.2) is 82.8 Å². The maximum Gasteiger partial charge on any atom is 0.270 e. The molecular formula is C23H22N4O7S. The van der Waals surface area contributed by atoms with Crippen molar-refractivity contribution >= 4 is 33.5 Å². The Hall–Kier alpha value is -4.45. The first-order chi connectivity index (χ1) is 16.8. The summed E-state index contributed by atoms with van der Waals surface area (Å²) < 4.78 is 38.4. The number of rotatable bonds is 10. The van der Waals surface area contributed by atoms with Crippen molar-refractivity contribution in [2.75, 3.05) is 25.1 Å². The van der Waals surface area contributed by atoms with Gasteiger partial charge in [-0.05, 0) is 24.3 Å². The van der Waals surface area contributed by atoms with Crippen LogP contribution in [-0.2, 0) is 14.8 Å². The quantitative estimate of drug-likeness (QED) is 0.257. The van der Waals surface area contributed by atoms with Crippen molar-refractivity contribution in [1.29, 1.82) is 0 Å². The molecule has 0 heterocycles. The number of methoxy groups -OCH3 is 2. The van der Waals surface area contributed by atoms with Gasteiger partial charge in [-0.2, -0.15) is 5.10 Å². The first-order valence-corrected chi connectivity index (χ1v) is 11.6. The average molecular weight is 499 g/mol.